The molecule has 6 rings (SSSR count). The molecule has 10 nitrogen and oxygen atoms in total. The van der Waals surface area contributed by atoms with Crippen molar-refractivity contribution in [3.63, 3.8) is 0 Å². The van der Waals surface area contributed by atoms with Crippen molar-refractivity contribution in [2.45, 2.75) is 38.8 Å². The SMILES string of the molecule is CCN1CCC(n2c(C(C)n3nc(-c4ccc(OC)c(F)c4F)c4c(N)ncnc43)nc3cccc(Cl)c3c2=O)CC1. The molecule has 0 amide bonds. The molecule has 2 aromatic carbocycles. The number of rotatable bonds is 6. The molecule has 1 aliphatic rings. The smallest absolute Gasteiger partial charge is 0.263 e. The number of anilines is 1. The monoisotopic (exact) mass is 594 g/mol. The van der Waals surface area contributed by atoms with Crippen LogP contribution in [0.4, 0.5) is 14.6 Å². The molecular formula is C29H29ClF2N8O2. The normalized spacial score (nSPS) is 15.5. The number of methoxy groups -OCH3 is 1. The van der Waals surface area contributed by atoms with E-state index in [9.17, 15) is 9.18 Å². The number of nitrogen functional groups attached to an aromatic ring is 1. The summed E-state index contributed by atoms with van der Waals surface area (Å²) in [7, 11) is 1.25. The van der Waals surface area contributed by atoms with Gasteiger partial charge in [0.1, 0.15) is 29.7 Å². The summed E-state index contributed by atoms with van der Waals surface area (Å²) in [5.74, 6) is -2.04. The molecule has 1 unspecified atom stereocenters. The second kappa shape index (κ2) is 10.9. The Morgan fingerprint density at radius 2 is 1.88 bits per heavy atom. The summed E-state index contributed by atoms with van der Waals surface area (Å²) in [6.45, 7) is 6.54. The summed E-state index contributed by atoms with van der Waals surface area (Å²) in [6.07, 6.45) is 2.78. The molecule has 0 bridgehead atoms. The summed E-state index contributed by atoms with van der Waals surface area (Å²) in [4.78, 5) is 29.8. The Hall–Kier alpha value is -4.16. The summed E-state index contributed by atoms with van der Waals surface area (Å²) in [5, 5.41) is 5.62. The maximum absolute atomic E-state index is 15.3. The third-order valence-corrected chi connectivity index (χ3v) is 8.37. The lowest BCUT2D eigenvalue weighted by Gasteiger charge is -2.34. The molecule has 1 saturated heterocycles. The fourth-order valence-corrected chi connectivity index (χ4v) is 6.05. The van der Waals surface area contributed by atoms with Gasteiger partial charge >= 0.3 is 0 Å². The van der Waals surface area contributed by atoms with Crippen LogP contribution in [0.25, 0.3) is 33.2 Å². The minimum Gasteiger partial charge on any atom is -0.494 e. The number of halogens is 3. The first kappa shape index (κ1) is 28.0. The lowest BCUT2D eigenvalue weighted by Crippen LogP contribution is -2.39. The van der Waals surface area contributed by atoms with Gasteiger partial charge in [0, 0.05) is 24.7 Å². The van der Waals surface area contributed by atoms with E-state index in [1.165, 1.54) is 30.3 Å². The Bertz CT molecular complexity index is 1880. The largest absolute Gasteiger partial charge is 0.494 e. The minimum atomic E-state index is -1.15. The molecule has 1 fully saturated rings. The van der Waals surface area contributed by atoms with E-state index in [2.05, 4.69) is 21.8 Å². The van der Waals surface area contributed by atoms with Crippen molar-refractivity contribution in [2.75, 3.05) is 32.5 Å². The maximum Gasteiger partial charge on any atom is 0.263 e. The third-order valence-electron chi connectivity index (χ3n) is 8.06. The molecule has 0 radical (unpaired) electrons. The molecule has 2 N–H and O–H groups in total. The van der Waals surface area contributed by atoms with Crippen molar-refractivity contribution in [3.05, 3.63) is 69.5 Å². The van der Waals surface area contributed by atoms with E-state index in [1.807, 2.05) is 6.92 Å². The number of fused-ring (bicyclic) bond motifs is 2. The zero-order chi connectivity index (χ0) is 29.7. The molecular weight excluding hydrogens is 566 g/mol. The summed E-state index contributed by atoms with van der Waals surface area (Å²) in [6, 6.07) is 7.06. The van der Waals surface area contributed by atoms with Crippen LogP contribution in [0.3, 0.4) is 0 Å². The highest BCUT2D eigenvalue weighted by atomic mass is 35.5. The number of piperidine rings is 1. The van der Waals surface area contributed by atoms with Crippen LogP contribution in [-0.4, -0.2) is 60.9 Å². The Morgan fingerprint density at radius 3 is 2.60 bits per heavy atom. The van der Waals surface area contributed by atoms with E-state index in [0.29, 0.717) is 21.7 Å². The number of aromatic nitrogens is 6. The molecule has 0 spiro atoms. The van der Waals surface area contributed by atoms with Crippen molar-refractivity contribution in [3.8, 4) is 17.0 Å². The molecule has 1 aliphatic heterocycles. The average Bonchev–Trinajstić information content (AvgIpc) is 3.39. The van der Waals surface area contributed by atoms with Gasteiger partial charge < -0.3 is 15.4 Å². The van der Waals surface area contributed by atoms with Gasteiger partial charge in [-0.05, 0) is 50.6 Å². The van der Waals surface area contributed by atoms with E-state index >= 15 is 4.39 Å². The number of nitrogens with two attached hydrogens (primary N) is 1. The van der Waals surface area contributed by atoms with Gasteiger partial charge in [-0.25, -0.2) is 24.0 Å². The first-order valence-electron chi connectivity index (χ1n) is 13.7. The van der Waals surface area contributed by atoms with Crippen molar-refractivity contribution in [1.82, 2.24) is 34.2 Å². The van der Waals surface area contributed by atoms with E-state index in [0.717, 1.165) is 32.5 Å². The van der Waals surface area contributed by atoms with Crippen LogP contribution in [0, 0.1) is 11.6 Å². The Balaban J connectivity index is 1.58. The highest BCUT2D eigenvalue weighted by molar-refractivity contribution is 6.35. The number of likely N-dealkylation sites (tertiary alicyclic amines) is 1. The lowest BCUT2D eigenvalue weighted by atomic mass is 10.0. The van der Waals surface area contributed by atoms with Crippen LogP contribution in [0.2, 0.25) is 5.02 Å². The first-order chi connectivity index (χ1) is 20.2. The van der Waals surface area contributed by atoms with Crippen LogP contribution in [0.5, 0.6) is 5.75 Å². The summed E-state index contributed by atoms with van der Waals surface area (Å²) < 4.78 is 38.2. The predicted octanol–water partition coefficient (Wildman–Crippen LogP) is 4.99. The number of nitrogens with zero attached hydrogens (tertiary/aromatic N) is 7. The Morgan fingerprint density at radius 1 is 1.12 bits per heavy atom. The van der Waals surface area contributed by atoms with Gasteiger partial charge in [0.05, 0.1) is 28.4 Å². The topological polar surface area (TPSA) is 117 Å². The quantitative estimate of drug-likeness (QED) is 0.292. The van der Waals surface area contributed by atoms with Gasteiger partial charge in [0.25, 0.3) is 5.56 Å². The van der Waals surface area contributed by atoms with Crippen molar-refractivity contribution in [2.24, 2.45) is 0 Å². The second-order valence-corrected chi connectivity index (χ2v) is 10.7. The number of ether oxygens (including phenoxy) is 1. The molecule has 5 aromatic rings. The van der Waals surface area contributed by atoms with Gasteiger partial charge in [-0.15, -0.1) is 0 Å². The van der Waals surface area contributed by atoms with Gasteiger partial charge in [-0.1, -0.05) is 24.6 Å². The van der Waals surface area contributed by atoms with Gasteiger partial charge in [0.2, 0.25) is 5.82 Å². The fraction of sp³-hybridized carbons (Fsp3) is 0.345. The van der Waals surface area contributed by atoms with Crippen LogP contribution in [0.15, 0.2) is 41.5 Å². The molecule has 0 aliphatic carbocycles. The van der Waals surface area contributed by atoms with Crippen LogP contribution in [-0.2, 0) is 0 Å². The van der Waals surface area contributed by atoms with Gasteiger partial charge in [-0.3, -0.25) is 9.36 Å². The van der Waals surface area contributed by atoms with E-state index in [1.54, 1.807) is 22.8 Å². The fourth-order valence-electron chi connectivity index (χ4n) is 5.80. The van der Waals surface area contributed by atoms with Crippen LogP contribution < -0.4 is 16.0 Å². The van der Waals surface area contributed by atoms with Crippen LogP contribution in [0.1, 0.15) is 44.6 Å². The van der Waals surface area contributed by atoms with Gasteiger partial charge in [0.15, 0.2) is 17.2 Å². The standard InChI is InChI=1S/C29H29ClF2N8O2/c1-4-38-12-10-16(11-13-38)39-27(36-19-7-5-6-18(30)21(19)29(39)41)15(2)40-28-22(26(33)34-14-35-28)25(37-40)17-8-9-20(42-3)24(32)23(17)31/h5-9,14-16H,4,10-13H2,1-3H3,(H2,33,34,35). The molecule has 13 heteroatoms. The van der Waals surface area contributed by atoms with E-state index < -0.39 is 17.7 Å². The molecule has 3 aromatic heterocycles. The summed E-state index contributed by atoms with van der Waals surface area (Å²) in [5.41, 5.74) is 6.67. The number of benzene rings is 2. The van der Waals surface area contributed by atoms with Crippen molar-refractivity contribution in [1.29, 1.82) is 0 Å². The molecule has 218 valence electrons. The predicted molar refractivity (Wildman–Crippen MR) is 157 cm³/mol. The van der Waals surface area contributed by atoms with Crippen molar-refractivity contribution < 1.29 is 13.5 Å². The first-order valence-corrected chi connectivity index (χ1v) is 14.1. The second-order valence-electron chi connectivity index (χ2n) is 10.3. The van der Waals surface area contributed by atoms with Gasteiger partial charge in [-0.2, -0.15) is 9.49 Å². The summed E-state index contributed by atoms with van der Waals surface area (Å²) >= 11 is 6.50. The number of hydrogen-bond acceptors (Lipinski definition) is 8. The zero-order valence-electron chi connectivity index (χ0n) is 23.3. The molecule has 0 saturated carbocycles. The van der Waals surface area contributed by atoms with Crippen molar-refractivity contribution >= 4 is 39.4 Å². The molecule has 42 heavy (non-hydrogen) atoms. The third kappa shape index (κ3) is 4.45. The zero-order valence-corrected chi connectivity index (χ0v) is 24.1. The molecule has 1 atom stereocenters. The Labute approximate surface area is 244 Å². The number of hydrogen-bond donors (Lipinski definition) is 1. The average molecular weight is 595 g/mol. The van der Waals surface area contributed by atoms with E-state index in [-0.39, 0.29) is 45.5 Å². The highest BCUT2D eigenvalue weighted by Gasteiger charge is 2.30. The maximum atomic E-state index is 15.3. The Kier molecular flexibility index (Phi) is 7.27. The van der Waals surface area contributed by atoms with E-state index in [4.69, 9.17) is 32.2 Å². The lowest BCUT2D eigenvalue weighted by molar-refractivity contribution is 0.188. The highest BCUT2D eigenvalue weighted by Crippen LogP contribution is 2.37. The van der Waals surface area contributed by atoms with Crippen LogP contribution >= 0.6 is 11.6 Å². The molecule has 4 heterocycles. The minimum absolute atomic E-state index is 0.0478.